The van der Waals surface area contributed by atoms with Gasteiger partial charge in [0.05, 0.1) is 26.7 Å². The molecule has 33 heavy (non-hydrogen) atoms. The number of benzene rings is 2. The largest absolute Gasteiger partial charge is 0.416 e. The lowest BCUT2D eigenvalue weighted by atomic mass is 9.98. The summed E-state index contributed by atoms with van der Waals surface area (Å²) in [7, 11) is -7.66. The van der Waals surface area contributed by atoms with Gasteiger partial charge in [-0.25, -0.2) is 16.8 Å². The van der Waals surface area contributed by atoms with Crippen molar-refractivity contribution in [2.24, 2.45) is 5.92 Å². The highest BCUT2D eigenvalue weighted by Gasteiger charge is 2.34. The lowest BCUT2D eigenvalue weighted by molar-refractivity contribution is -0.137. The SMILES string of the molecule is CS(=O)(=O)c1cc(C(F)(F)F)ccc1C(=O)N1CCC(CS(=O)(=O)c2ccc(Cl)cc2)CC1. The summed E-state index contributed by atoms with van der Waals surface area (Å²) in [5.41, 5.74) is -1.50. The third-order valence-corrected chi connectivity index (χ3v) is 8.76. The number of rotatable bonds is 5. The highest BCUT2D eigenvalue weighted by Crippen LogP contribution is 2.33. The number of amides is 1. The van der Waals surface area contributed by atoms with Crippen molar-refractivity contribution in [3.63, 3.8) is 0 Å². The van der Waals surface area contributed by atoms with Crippen LogP contribution < -0.4 is 0 Å². The molecule has 3 rings (SSSR count). The van der Waals surface area contributed by atoms with E-state index in [1.54, 1.807) is 0 Å². The summed E-state index contributed by atoms with van der Waals surface area (Å²) in [6.07, 6.45) is -3.30. The molecule has 1 saturated heterocycles. The zero-order valence-electron chi connectivity index (χ0n) is 17.5. The molecule has 6 nitrogen and oxygen atoms in total. The fraction of sp³-hybridized carbons (Fsp3) is 0.381. The number of sulfone groups is 2. The van der Waals surface area contributed by atoms with Gasteiger partial charge in [0.1, 0.15) is 0 Å². The van der Waals surface area contributed by atoms with Crippen LogP contribution in [0.3, 0.4) is 0 Å². The van der Waals surface area contributed by atoms with Crippen molar-refractivity contribution in [1.29, 1.82) is 0 Å². The molecule has 0 radical (unpaired) electrons. The Kier molecular flexibility index (Phi) is 7.16. The van der Waals surface area contributed by atoms with Crippen molar-refractivity contribution in [3.05, 3.63) is 58.6 Å². The fourth-order valence-electron chi connectivity index (χ4n) is 3.70. The molecule has 0 aliphatic carbocycles. The Hall–Kier alpha value is -2.11. The predicted molar refractivity (Wildman–Crippen MR) is 117 cm³/mol. The van der Waals surface area contributed by atoms with Gasteiger partial charge in [-0.3, -0.25) is 4.79 Å². The zero-order chi connectivity index (χ0) is 24.6. The van der Waals surface area contributed by atoms with Crippen LogP contribution >= 0.6 is 11.6 Å². The number of halogens is 4. The van der Waals surface area contributed by atoms with Crippen LogP contribution in [0.4, 0.5) is 13.2 Å². The molecule has 1 fully saturated rings. The van der Waals surface area contributed by atoms with E-state index in [0.717, 1.165) is 12.3 Å². The van der Waals surface area contributed by atoms with E-state index < -0.39 is 42.2 Å². The van der Waals surface area contributed by atoms with Crippen molar-refractivity contribution < 1.29 is 34.8 Å². The maximum absolute atomic E-state index is 13.0. The molecule has 180 valence electrons. The van der Waals surface area contributed by atoms with Crippen molar-refractivity contribution in [3.8, 4) is 0 Å². The Balaban J connectivity index is 1.74. The molecule has 1 aliphatic rings. The van der Waals surface area contributed by atoms with E-state index in [4.69, 9.17) is 11.6 Å². The third-order valence-electron chi connectivity index (χ3n) is 5.47. The van der Waals surface area contributed by atoms with Gasteiger partial charge in [-0.05, 0) is 61.2 Å². The average Bonchev–Trinajstić information content (AvgIpc) is 2.72. The molecule has 0 saturated carbocycles. The molecule has 1 aliphatic heterocycles. The van der Waals surface area contributed by atoms with Crippen molar-refractivity contribution >= 4 is 37.2 Å². The van der Waals surface area contributed by atoms with Gasteiger partial charge < -0.3 is 4.90 Å². The fourth-order valence-corrected chi connectivity index (χ4v) is 6.42. The summed E-state index contributed by atoms with van der Waals surface area (Å²) < 4.78 is 88.5. The van der Waals surface area contributed by atoms with Gasteiger partial charge in [0, 0.05) is 24.4 Å². The first kappa shape index (κ1) is 25.5. The zero-order valence-corrected chi connectivity index (χ0v) is 19.9. The van der Waals surface area contributed by atoms with Gasteiger partial charge in [-0.1, -0.05) is 11.6 Å². The topological polar surface area (TPSA) is 88.6 Å². The second-order valence-electron chi connectivity index (χ2n) is 7.95. The Morgan fingerprint density at radius 2 is 1.61 bits per heavy atom. The monoisotopic (exact) mass is 523 g/mol. The predicted octanol–water partition coefficient (Wildman–Crippen LogP) is 4.09. The number of nitrogens with zero attached hydrogens (tertiary/aromatic N) is 1. The number of alkyl halides is 3. The molecule has 12 heteroatoms. The van der Waals surface area contributed by atoms with Crippen LogP contribution in [0.25, 0.3) is 0 Å². The molecule has 1 amide bonds. The van der Waals surface area contributed by atoms with Crippen LogP contribution in [0.2, 0.25) is 5.02 Å². The molecule has 0 spiro atoms. The van der Waals surface area contributed by atoms with Gasteiger partial charge in [0.25, 0.3) is 5.91 Å². The minimum atomic E-state index is -4.76. The van der Waals surface area contributed by atoms with E-state index in [2.05, 4.69) is 0 Å². The maximum Gasteiger partial charge on any atom is 0.416 e. The molecule has 1 heterocycles. The van der Waals surface area contributed by atoms with E-state index in [0.29, 0.717) is 30.0 Å². The maximum atomic E-state index is 13.0. The highest BCUT2D eigenvalue weighted by molar-refractivity contribution is 7.91. The molecule has 0 unspecified atom stereocenters. The number of hydrogen-bond donors (Lipinski definition) is 0. The number of piperidine rings is 1. The van der Waals surface area contributed by atoms with Crippen LogP contribution in [-0.2, 0) is 25.9 Å². The summed E-state index contributed by atoms with van der Waals surface area (Å²) in [5.74, 6) is -1.05. The van der Waals surface area contributed by atoms with E-state index in [9.17, 15) is 34.8 Å². The minimum absolute atomic E-state index is 0.120. The highest BCUT2D eigenvalue weighted by atomic mass is 35.5. The molecule has 2 aromatic rings. The number of hydrogen-bond acceptors (Lipinski definition) is 5. The van der Waals surface area contributed by atoms with E-state index in [1.165, 1.54) is 29.2 Å². The van der Waals surface area contributed by atoms with Crippen LogP contribution in [0.15, 0.2) is 52.3 Å². The van der Waals surface area contributed by atoms with E-state index in [1.807, 2.05) is 0 Å². The van der Waals surface area contributed by atoms with Gasteiger partial charge >= 0.3 is 6.18 Å². The second kappa shape index (κ2) is 9.27. The quantitative estimate of drug-likeness (QED) is 0.589. The summed E-state index contributed by atoms with van der Waals surface area (Å²) in [5, 5.41) is 0.414. The molecular formula is C21H21ClF3NO5S2. The summed E-state index contributed by atoms with van der Waals surface area (Å²) in [6.45, 7) is 0.313. The number of carbonyl (C=O) groups excluding carboxylic acids is 1. The Morgan fingerprint density at radius 3 is 2.12 bits per heavy atom. The van der Waals surface area contributed by atoms with Gasteiger partial charge in [0.15, 0.2) is 19.7 Å². The summed E-state index contributed by atoms with van der Waals surface area (Å²) >= 11 is 5.79. The number of carbonyl (C=O) groups is 1. The van der Waals surface area contributed by atoms with Crippen molar-refractivity contribution in [1.82, 2.24) is 4.90 Å². The Morgan fingerprint density at radius 1 is 1.03 bits per heavy atom. The lowest BCUT2D eigenvalue weighted by Gasteiger charge is -2.32. The van der Waals surface area contributed by atoms with Crippen molar-refractivity contribution in [2.45, 2.75) is 28.8 Å². The first-order valence-electron chi connectivity index (χ1n) is 9.87. The summed E-state index contributed by atoms with van der Waals surface area (Å²) in [6, 6.07) is 7.83. The first-order chi connectivity index (χ1) is 15.2. The molecule has 0 N–H and O–H groups in total. The van der Waals surface area contributed by atoms with Crippen molar-refractivity contribution in [2.75, 3.05) is 25.1 Å². The van der Waals surface area contributed by atoms with Crippen LogP contribution in [-0.4, -0.2) is 52.7 Å². The Bertz CT molecular complexity index is 1250. The second-order valence-corrected chi connectivity index (χ2v) is 12.4. The molecule has 2 aromatic carbocycles. The van der Waals surface area contributed by atoms with Crippen LogP contribution in [0.5, 0.6) is 0 Å². The van der Waals surface area contributed by atoms with E-state index >= 15 is 0 Å². The molecule has 0 aromatic heterocycles. The Labute approximate surface area is 195 Å². The number of likely N-dealkylation sites (tertiary alicyclic amines) is 1. The average molecular weight is 524 g/mol. The normalized spacial score (nSPS) is 16.1. The molecule has 0 atom stereocenters. The van der Waals surface area contributed by atoms with Crippen LogP contribution in [0, 0.1) is 5.92 Å². The third kappa shape index (κ3) is 6.07. The van der Waals surface area contributed by atoms with Gasteiger partial charge in [-0.15, -0.1) is 0 Å². The standard InChI is InChI=1S/C21H21ClF3NO5S2/c1-32(28,29)19-12-15(21(23,24)25)2-7-18(19)20(27)26-10-8-14(9-11-26)13-33(30,31)17-5-3-16(22)4-6-17/h2-7,12,14H,8-11,13H2,1H3. The van der Waals surface area contributed by atoms with E-state index in [-0.39, 0.29) is 35.2 Å². The molecular weight excluding hydrogens is 503 g/mol. The first-order valence-corrected chi connectivity index (χ1v) is 13.8. The lowest BCUT2D eigenvalue weighted by Crippen LogP contribution is -2.40. The van der Waals surface area contributed by atoms with Gasteiger partial charge in [-0.2, -0.15) is 13.2 Å². The minimum Gasteiger partial charge on any atom is -0.339 e. The summed E-state index contributed by atoms with van der Waals surface area (Å²) in [4.78, 5) is 13.7. The smallest absolute Gasteiger partial charge is 0.339 e. The van der Waals surface area contributed by atoms with Crippen LogP contribution in [0.1, 0.15) is 28.8 Å². The van der Waals surface area contributed by atoms with Gasteiger partial charge in [0.2, 0.25) is 0 Å². The molecule has 0 bridgehead atoms.